The fourth-order valence-corrected chi connectivity index (χ4v) is 3.48. The van der Waals surface area contributed by atoms with Crippen LogP contribution in [0.15, 0.2) is 16.8 Å². The molecule has 0 aromatic carbocycles. The van der Waals surface area contributed by atoms with Crippen molar-refractivity contribution in [2.75, 3.05) is 18.8 Å². The number of carbonyl (C=O) groups is 3. The molecular formula is C11H10N2O3S2. The number of nitrogens with zero attached hydrogens (tertiary/aromatic N) is 2. The summed E-state index contributed by atoms with van der Waals surface area (Å²) in [4.78, 5) is 37.9. The molecule has 0 radical (unpaired) electrons. The number of imide groups is 1. The van der Waals surface area contributed by atoms with Gasteiger partial charge in [0.05, 0.1) is 17.4 Å². The van der Waals surface area contributed by atoms with Crippen molar-refractivity contribution >= 4 is 40.2 Å². The first-order chi connectivity index (χ1) is 8.66. The Labute approximate surface area is 112 Å². The predicted molar refractivity (Wildman–Crippen MR) is 68.7 cm³/mol. The Kier molecular flexibility index (Phi) is 2.87. The Bertz CT molecular complexity index is 492. The Morgan fingerprint density at radius 3 is 2.67 bits per heavy atom. The Hall–Kier alpha value is -1.34. The molecule has 0 atom stereocenters. The number of carbonyl (C=O) groups excluding carboxylic acids is 3. The molecule has 2 aliphatic rings. The average molecular weight is 282 g/mol. The Balaban J connectivity index is 1.62. The van der Waals surface area contributed by atoms with Gasteiger partial charge in [-0.1, -0.05) is 11.8 Å². The molecule has 0 aliphatic carbocycles. The normalized spacial score (nSPS) is 20.4. The summed E-state index contributed by atoms with van der Waals surface area (Å²) < 4.78 is 0. The summed E-state index contributed by atoms with van der Waals surface area (Å²) in [6, 6.07) is 1.64. The van der Waals surface area contributed by atoms with Crippen LogP contribution < -0.4 is 0 Å². The zero-order chi connectivity index (χ0) is 12.7. The molecular weight excluding hydrogens is 272 g/mol. The molecule has 3 rings (SSSR count). The van der Waals surface area contributed by atoms with Gasteiger partial charge in [-0.2, -0.15) is 11.3 Å². The van der Waals surface area contributed by atoms with Crippen LogP contribution in [0.25, 0.3) is 0 Å². The minimum atomic E-state index is -0.187. The minimum Gasteiger partial charge on any atom is -0.334 e. The van der Waals surface area contributed by atoms with Crippen LogP contribution in [-0.2, 0) is 4.79 Å². The number of likely N-dealkylation sites (tertiary alicyclic amines) is 1. The smallest absolute Gasteiger partial charge is 0.289 e. The topological polar surface area (TPSA) is 57.7 Å². The van der Waals surface area contributed by atoms with E-state index in [1.165, 1.54) is 16.2 Å². The monoisotopic (exact) mass is 282 g/mol. The number of rotatable bonds is 2. The van der Waals surface area contributed by atoms with E-state index in [-0.39, 0.29) is 28.8 Å². The summed E-state index contributed by atoms with van der Waals surface area (Å²) in [7, 11) is 0. The van der Waals surface area contributed by atoms with E-state index in [2.05, 4.69) is 0 Å². The molecule has 2 aliphatic heterocycles. The first-order valence-electron chi connectivity index (χ1n) is 5.47. The molecule has 2 fully saturated rings. The van der Waals surface area contributed by atoms with Crippen molar-refractivity contribution in [2.45, 2.75) is 6.04 Å². The summed E-state index contributed by atoms with van der Waals surface area (Å²) in [6.45, 7) is 0.902. The van der Waals surface area contributed by atoms with Gasteiger partial charge < -0.3 is 4.90 Å². The van der Waals surface area contributed by atoms with Gasteiger partial charge in [-0.15, -0.1) is 0 Å². The van der Waals surface area contributed by atoms with Gasteiger partial charge in [0, 0.05) is 18.5 Å². The van der Waals surface area contributed by atoms with Crippen molar-refractivity contribution < 1.29 is 14.4 Å². The highest BCUT2D eigenvalue weighted by Crippen LogP contribution is 2.27. The maximum Gasteiger partial charge on any atom is 0.289 e. The molecule has 0 spiro atoms. The first-order valence-corrected chi connectivity index (χ1v) is 7.40. The maximum absolute atomic E-state index is 12.0. The molecule has 1 aromatic rings. The second kappa shape index (κ2) is 4.40. The lowest BCUT2D eigenvalue weighted by Crippen LogP contribution is -2.62. The third-order valence-corrected chi connectivity index (χ3v) is 4.59. The Morgan fingerprint density at radius 1 is 1.33 bits per heavy atom. The molecule has 3 amide bonds. The number of hydrogen-bond acceptors (Lipinski definition) is 5. The van der Waals surface area contributed by atoms with E-state index in [4.69, 9.17) is 0 Å². The fraction of sp³-hybridized carbons (Fsp3) is 0.364. The molecule has 1 aromatic heterocycles. The summed E-state index contributed by atoms with van der Waals surface area (Å²) in [5.74, 6) is 0.0604. The highest BCUT2D eigenvalue weighted by Gasteiger charge is 2.43. The van der Waals surface area contributed by atoms with Crippen molar-refractivity contribution in [1.29, 1.82) is 0 Å². The zero-order valence-corrected chi connectivity index (χ0v) is 11.0. The average Bonchev–Trinajstić information content (AvgIpc) is 2.90. The van der Waals surface area contributed by atoms with Gasteiger partial charge in [0.2, 0.25) is 5.91 Å². The summed E-state index contributed by atoms with van der Waals surface area (Å²) in [5.41, 5.74) is 0.673. The number of amides is 3. The molecule has 18 heavy (non-hydrogen) atoms. The third-order valence-electron chi connectivity index (χ3n) is 3.07. The van der Waals surface area contributed by atoms with E-state index in [0.717, 1.165) is 11.8 Å². The zero-order valence-electron chi connectivity index (χ0n) is 9.37. The number of thioether (sulfide) groups is 1. The lowest BCUT2D eigenvalue weighted by atomic mass is 10.1. The van der Waals surface area contributed by atoms with Crippen LogP contribution in [0.1, 0.15) is 10.4 Å². The van der Waals surface area contributed by atoms with E-state index in [1.54, 1.807) is 16.3 Å². The number of thiophene rings is 1. The molecule has 94 valence electrons. The summed E-state index contributed by atoms with van der Waals surface area (Å²) in [5, 5.41) is 3.47. The van der Waals surface area contributed by atoms with E-state index in [9.17, 15) is 14.4 Å². The van der Waals surface area contributed by atoms with E-state index < -0.39 is 0 Å². The lowest BCUT2D eigenvalue weighted by Gasteiger charge is -2.42. The molecule has 3 heterocycles. The molecule has 0 unspecified atom stereocenters. The van der Waals surface area contributed by atoms with Crippen LogP contribution in [0, 0.1) is 0 Å². The largest absolute Gasteiger partial charge is 0.334 e. The van der Waals surface area contributed by atoms with E-state index in [1.807, 2.05) is 5.38 Å². The summed E-state index contributed by atoms with van der Waals surface area (Å²) >= 11 is 2.51. The van der Waals surface area contributed by atoms with Crippen molar-refractivity contribution in [3.63, 3.8) is 0 Å². The van der Waals surface area contributed by atoms with Gasteiger partial charge >= 0.3 is 0 Å². The SMILES string of the molecule is O=C(c1ccsc1)N1CC(N2C(=O)CSC2=O)C1. The standard InChI is InChI=1S/C11H10N2O3S2/c14-9-6-18-11(16)13(9)8-3-12(4-8)10(15)7-1-2-17-5-7/h1-2,5,8H,3-4,6H2. The van der Waals surface area contributed by atoms with Gasteiger partial charge in [-0.05, 0) is 11.4 Å². The van der Waals surface area contributed by atoms with Crippen LogP contribution in [0.5, 0.6) is 0 Å². The molecule has 7 heteroatoms. The first kappa shape index (κ1) is 11.7. The van der Waals surface area contributed by atoms with Crippen LogP contribution >= 0.6 is 23.1 Å². The van der Waals surface area contributed by atoms with Crippen molar-refractivity contribution in [3.05, 3.63) is 22.4 Å². The molecule has 0 saturated carbocycles. The van der Waals surface area contributed by atoms with Gasteiger partial charge in [0.15, 0.2) is 0 Å². The van der Waals surface area contributed by atoms with Crippen LogP contribution in [0.2, 0.25) is 0 Å². The van der Waals surface area contributed by atoms with Gasteiger partial charge in [0.25, 0.3) is 11.1 Å². The molecule has 5 nitrogen and oxygen atoms in total. The molecule has 2 saturated heterocycles. The highest BCUT2D eigenvalue weighted by atomic mass is 32.2. The van der Waals surface area contributed by atoms with Crippen molar-refractivity contribution in [1.82, 2.24) is 9.80 Å². The van der Waals surface area contributed by atoms with Crippen molar-refractivity contribution in [3.8, 4) is 0 Å². The van der Waals surface area contributed by atoms with Gasteiger partial charge in [-0.25, -0.2) is 0 Å². The quantitative estimate of drug-likeness (QED) is 0.819. The summed E-state index contributed by atoms with van der Waals surface area (Å²) in [6.07, 6.45) is 0. The second-order valence-electron chi connectivity index (χ2n) is 4.19. The van der Waals surface area contributed by atoms with Gasteiger partial charge in [0.1, 0.15) is 0 Å². The Morgan fingerprint density at radius 2 is 2.11 bits per heavy atom. The van der Waals surface area contributed by atoms with Crippen LogP contribution in [0.4, 0.5) is 4.79 Å². The van der Waals surface area contributed by atoms with Crippen LogP contribution in [-0.4, -0.2) is 51.7 Å². The second-order valence-corrected chi connectivity index (χ2v) is 5.90. The fourth-order valence-electron chi connectivity index (χ4n) is 2.07. The maximum atomic E-state index is 12.0. The highest BCUT2D eigenvalue weighted by molar-refractivity contribution is 8.14. The lowest BCUT2D eigenvalue weighted by molar-refractivity contribution is -0.128. The third kappa shape index (κ3) is 1.83. The molecule has 0 bridgehead atoms. The number of hydrogen-bond donors (Lipinski definition) is 0. The van der Waals surface area contributed by atoms with Crippen LogP contribution in [0.3, 0.4) is 0 Å². The minimum absolute atomic E-state index is 0.0285. The molecule has 0 N–H and O–H groups in total. The van der Waals surface area contributed by atoms with E-state index in [0.29, 0.717) is 18.7 Å². The van der Waals surface area contributed by atoms with Gasteiger partial charge in [-0.3, -0.25) is 19.3 Å². The van der Waals surface area contributed by atoms with E-state index >= 15 is 0 Å². The van der Waals surface area contributed by atoms with Crippen molar-refractivity contribution in [2.24, 2.45) is 0 Å². The predicted octanol–water partition coefficient (Wildman–Crippen LogP) is 1.27.